The second kappa shape index (κ2) is 13.4. The molecule has 0 aliphatic rings. The number of esters is 1. The summed E-state index contributed by atoms with van der Waals surface area (Å²) in [5.74, 6) is -2.34. The van der Waals surface area contributed by atoms with Crippen LogP contribution in [-0.2, 0) is 18.3 Å². The molecule has 0 spiro atoms. The smallest absolute Gasteiger partial charge is 0.341 e. The van der Waals surface area contributed by atoms with Gasteiger partial charge in [0.15, 0.2) is 11.6 Å². The number of ether oxygens (including phenoxy) is 2. The van der Waals surface area contributed by atoms with E-state index in [2.05, 4.69) is 20.6 Å². The first-order chi connectivity index (χ1) is 22.1. The zero-order valence-corrected chi connectivity index (χ0v) is 25.4. The van der Waals surface area contributed by atoms with Gasteiger partial charge < -0.3 is 20.1 Å². The van der Waals surface area contributed by atoms with E-state index in [4.69, 9.17) is 9.47 Å². The average Bonchev–Trinajstić information content (AvgIpc) is 3.26. The molecular weight excluding hydrogens is 598 g/mol. The average molecular weight is 629 g/mol. The topological polar surface area (TPSA) is 129 Å². The maximum absolute atomic E-state index is 13.7. The van der Waals surface area contributed by atoms with Crippen molar-refractivity contribution in [2.45, 2.75) is 13.5 Å². The number of halogens is 2. The number of fused-ring (bicyclic) bond motifs is 1. The fourth-order valence-corrected chi connectivity index (χ4v) is 4.84. The highest BCUT2D eigenvalue weighted by atomic mass is 19.2. The molecule has 0 bridgehead atoms. The molecule has 5 aromatic rings. The molecule has 0 radical (unpaired) electrons. The number of nitrogens with zero attached hydrogens (tertiary/aromatic N) is 4. The molecule has 1 amide bonds. The van der Waals surface area contributed by atoms with E-state index in [1.165, 1.54) is 29.6 Å². The Labute approximate surface area is 262 Å². The van der Waals surface area contributed by atoms with Crippen molar-refractivity contribution in [2.24, 2.45) is 7.05 Å². The third-order valence-electron chi connectivity index (χ3n) is 7.36. The summed E-state index contributed by atoms with van der Waals surface area (Å²) in [5.41, 5.74) is 2.73. The lowest BCUT2D eigenvalue weighted by molar-refractivity contribution is 0.0597. The largest absolute Gasteiger partial charge is 0.496 e. The summed E-state index contributed by atoms with van der Waals surface area (Å²) in [4.78, 5) is 46.8. The number of methoxy groups -OCH3 is 2. The number of anilines is 2. The molecule has 0 atom stereocenters. The van der Waals surface area contributed by atoms with Gasteiger partial charge in [-0.15, -0.1) is 0 Å². The van der Waals surface area contributed by atoms with Crippen LogP contribution in [0, 0.1) is 18.6 Å². The number of hydrogen-bond acceptors (Lipinski definition) is 8. The van der Waals surface area contributed by atoms with Crippen LogP contribution < -0.4 is 20.9 Å². The monoisotopic (exact) mass is 628 g/mol. The van der Waals surface area contributed by atoms with Gasteiger partial charge >= 0.3 is 5.97 Å². The van der Waals surface area contributed by atoms with Crippen LogP contribution in [0.25, 0.3) is 17.0 Å². The van der Waals surface area contributed by atoms with Gasteiger partial charge in [-0.25, -0.2) is 28.2 Å². The molecule has 0 saturated carbocycles. The van der Waals surface area contributed by atoms with Gasteiger partial charge in [0.2, 0.25) is 5.95 Å². The molecule has 2 aromatic heterocycles. The van der Waals surface area contributed by atoms with Gasteiger partial charge in [-0.3, -0.25) is 14.3 Å². The molecule has 0 aliphatic carbocycles. The predicted octanol–water partition coefficient (Wildman–Crippen LogP) is 4.75. The third kappa shape index (κ3) is 6.62. The lowest BCUT2D eigenvalue weighted by atomic mass is 10.1. The minimum absolute atomic E-state index is 0.0244. The number of rotatable bonds is 10. The molecule has 0 unspecified atom stereocenters. The standard InChI is InChI=1S/C33H30F2N6O5/c1-19-29(31(43)41(40(19)2)18-21-7-11-25(34)26(35)15-21)30(42)36-13-5-6-20-8-12-27-22(14-20)17-37-33(39-27)38-23-9-10-24(32(44)46-4)28(16-23)45-3/h5-12,14-17H,13,18H2,1-4H3,(H,36,42)(H,37,38,39)/b6-5+. The second-order valence-electron chi connectivity index (χ2n) is 10.3. The lowest BCUT2D eigenvalue weighted by Crippen LogP contribution is -2.31. The van der Waals surface area contributed by atoms with Crippen LogP contribution in [-0.4, -0.2) is 52.0 Å². The van der Waals surface area contributed by atoms with Crippen molar-refractivity contribution in [1.82, 2.24) is 24.6 Å². The van der Waals surface area contributed by atoms with Crippen LogP contribution in [0.1, 0.15) is 37.5 Å². The minimum atomic E-state index is -1.01. The summed E-state index contributed by atoms with van der Waals surface area (Å²) in [7, 11) is 4.38. The predicted molar refractivity (Wildman–Crippen MR) is 168 cm³/mol. The Balaban J connectivity index is 1.22. The first kappa shape index (κ1) is 31.6. The molecule has 11 nitrogen and oxygen atoms in total. The Kier molecular flexibility index (Phi) is 9.21. The van der Waals surface area contributed by atoms with Crippen LogP contribution in [0.4, 0.5) is 20.4 Å². The van der Waals surface area contributed by atoms with E-state index in [1.807, 2.05) is 24.3 Å². The molecule has 5 rings (SSSR count). The van der Waals surface area contributed by atoms with Crippen LogP contribution in [0.5, 0.6) is 5.75 Å². The van der Waals surface area contributed by atoms with Crippen molar-refractivity contribution in [2.75, 3.05) is 26.1 Å². The van der Waals surface area contributed by atoms with Gasteiger partial charge in [0.05, 0.1) is 26.3 Å². The first-order valence-electron chi connectivity index (χ1n) is 14.0. The van der Waals surface area contributed by atoms with Crippen LogP contribution in [0.2, 0.25) is 0 Å². The maximum Gasteiger partial charge on any atom is 0.341 e. The van der Waals surface area contributed by atoms with Crippen molar-refractivity contribution >= 4 is 40.5 Å². The highest BCUT2D eigenvalue weighted by Gasteiger charge is 2.21. The third-order valence-corrected chi connectivity index (χ3v) is 7.36. The Morgan fingerprint density at radius 3 is 2.57 bits per heavy atom. The first-order valence-corrected chi connectivity index (χ1v) is 14.0. The highest BCUT2D eigenvalue weighted by molar-refractivity contribution is 5.95. The Hall–Kier alpha value is -5.85. The van der Waals surface area contributed by atoms with Crippen molar-refractivity contribution in [1.29, 1.82) is 0 Å². The normalized spacial score (nSPS) is 11.2. The summed E-state index contributed by atoms with van der Waals surface area (Å²) in [5, 5.41) is 6.62. The van der Waals surface area contributed by atoms with E-state index in [-0.39, 0.29) is 18.7 Å². The molecule has 2 N–H and O–H groups in total. The quantitative estimate of drug-likeness (QED) is 0.212. The molecule has 46 heavy (non-hydrogen) atoms. The molecule has 236 valence electrons. The van der Waals surface area contributed by atoms with E-state index < -0.39 is 29.1 Å². The SMILES string of the molecule is COC(=O)c1ccc(Nc2ncc3cc(/C=C/CNC(=O)c4c(C)n(C)n(Cc5ccc(F)c(F)c5)c4=O)ccc3n2)cc1OC. The maximum atomic E-state index is 13.7. The van der Waals surface area contributed by atoms with Crippen LogP contribution >= 0.6 is 0 Å². The van der Waals surface area contributed by atoms with E-state index in [9.17, 15) is 23.2 Å². The zero-order chi connectivity index (χ0) is 33.0. The number of carbonyl (C=O) groups is 2. The van der Waals surface area contributed by atoms with Crippen molar-refractivity contribution in [3.8, 4) is 5.75 Å². The van der Waals surface area contributed by atoms with E-state index in [0.29, 0.717) is 39.7 Å². The Morgan fingerprint density at radius 1 is 1.02 bits per heavy atom. The molecular formula is C33H30F2N6O5. The number of amides is 1. The molecule has 0 fully saturated rings. The molecule has 3 aromatic carbocycles. The lowest BCUT2D eigenvalue weighted by Gasteiger charge is -2.10. The van der Waals surface area contributed by atoms with E-state index in [1.54, 1.807) is 44.4 Å². The van der Waals surface area contributed by atoms with Crippen molar-refractivity contribution in [3.05, 3.63) is 117 Å². The number of benzene rings is 3. The van der Waals surface area contributed by atoms with Gasteiger partial charge in [-0.1, -0.05) is 24.3 Å². The van der Waals surface area contributed by atoms with E-state index in [0.717, 1.165) is 23.1 Å². The van der Waals surface area contributed by atoms with Gasteiger partial charge in [0.25, 0.3) is 11.5 Å². The van der Waals surface area contributed by atoms with Crippen molar-refractivity contribution < 1.29 is 27.8 Å². The summed E-state index contributed by atoms with van der Waals surface area (Å²) in [6.07, 6.45) is 5.24. The zero-order valence-electron chi connectivity index (χ0n) is 25.4. The molecule has 13 heteroatoms. The van der Waals surface area contributed by atoms with Crippen LogP contribution in [0.3, 0.4) is 0 Å². The second-order valence-corrected chi connectivity index (χ2v) is 10.3. The number of hydrogen-bond donors (Lipinski definition) is 2. The van der Waals surface area contributed by atoms with Crippen molar-refractivity contribution in [3.63, 3.8) is 0 Å². The fourth-order valence-electron chi connectivity index (χ4n) is 4.84. The summed E-state index contributed by atoms with van der Waals surface area (Å²) in [6, 6.07) is 13.9. The molecule has 0 aliphatic heterocycles. The molecule has 2 heterocycles. The van der Waals surface area contributed by atoms with Gasteiger partial charge in [0, 0.05) is 42.6 Å². The van der Waals surface area contributed by atoms with Gasteiger partial charge in [-0.05, 0) is 54.4 Å². The van der Waals surface area contributed by atoms with Gasteiger partial charge in [0.1, 0.15) is 16.9 Å². The minimum Gasteiger partial charge on any atom is -0.496 e. The van der Waals surface area contributed by atoms with Crippen LogP contribution in [0.15, 0.2) is 71.7 Å². The summed E-state index contributed by atoms with van der Waals surface area (Å²) < 4.78 is 39.8. The number of nitrogens with one attached hydrogen (secondary N) is 2. The molecule has 0 saturated heterocycles. The number of aromatic nitrogens is 4. The summed E-state index contributed by atoms with van der Waals surface area (Å²) in [6.45, 7) is 1.78. The van der Waals surface area contributed by atoms with Gasteiger partial charge in [-0.2, -0.15) is 0 Å². The van der Waals surface area contributed by atoms with E-state index >= 15 is 0 Å². The fraction of sp³-hybridized carbons (Fsp3) is 0.182. The summed E-state index contributed by atoms with van der Waals surface area (Å²) >= 11 is 0. The number of carbonyl (C=O) groups excluding carboxylic acids is 2. The Morgan fingerprint density at radius 2 is 1.83 bits per heavy atom. The highest BCUT2D eigenvalue weighted by Crippen LogP contribution is 2.26. The Bertz CT molecular complexity index is 2050.